The molecule has 0 amide bonds. The number of ether oxygens (including phenoxy) is 3. The lowest BCUT2D eigenvalue weighted by atomic mass is 9.96. The number of β-amino-alcohol motifs (C(OH)–C–C–N with tert-alkyl or cyclic N) is 1. The Morgan fingerprint density at radius 1 is 1.29 bits per heavy atom. The smallest absolute Gasteiger partial charge is 0.308 e. The summed E-state index contributed by atoms with van der Waals surface area (Å²) in [6.07, 6.45) is -1.01. The van der Waals surface area contributed by atoms with E-state index in [-0.39, 0.29) is 31.1 Å². The minimum atomic E-state index is -3.99. The van der Waals surface area contributed by atoms with Crippen molar-refractivity contribution in [2.45, 2.75) is 48.5 Å². The summed E-state index contributed by atoms with van der Waals surface area (Å²) in [7, 11) is -2.69. The van der Waals surface area contributed by atoms with Gasteiger partial charge in [-0.25, -0.2) is 12.8 Å². The number of aliphatic hydroxyl groups excluding tert-OH is 1. The Morgan fingerprint density at radius 3 is 2.68 bits per heavy atom. The van der Waals surface area contributed by atoms with Crippen LogP contribution < -0.4 is 0 Å². The quantitative estimate of drug-likeness (QED) is 0.719. The Hall–Kier alpha value is -1.59. The Balaban J connectivity index is 1.86. The number of sulfonamides is 1. The number of benzene rings is 1. The molecule has 0 aliphatic carbocycles. The largest absolute Gasteiger partial charge is 0.469 e. The molecule has 4 atom stereocenters. The van der Waals surface area contributed by atoms with E-state index in [4.69, 9.17) is 9.47 Å². The second-order valence-electron chi connectivity index (χ2n) is 6.94. The molecule has 0 aromatic heterocycles. The monoisotopic (exact) mass is 417 g/mol. The molecular weight excluding hydrogens is 393 g/mol. The molecule has 10 heteroatoms. The number of carbonyl (C=O) groups excluding carboxylic acids is 1. The standard InChI is InChI=1S/C18H24FNO7S/c1-25-18(22)8-14-4-7-16-17(27-14)11-26-10-13(21)9-20(16)28(23,24)15-5-2-12(19)3-6-15/h2-3,5-6,13-14,16-17,21H,4,7-11H2,1H3/t13-,14+,16+,17-/m1/s1. The Kier molecular flexibility index (Phi) is 6.66. The number of fused-ring (bicyclic) bond motifs is 1. The Morgan fingerprint density at radius 2 is 2.00 bits per heavy atom. The fourth-order valence-corrected chi connectivity index (χ4v) is 5.30. The predicted octanol–water partition coefficient (Wildman–Crippen LogP) is 0.687. The Bertz CT molecular complexity index is 786. The minimum Gasteiger partial charge on any atom is -0.469 e. The second kappa shape index (κ2) is 8.83. The van der Waals surface area contributed by atoms with Crippen LogP contribution in [0.15, 0.2) is 29.2 Å². The summed E-state index contributed by atoms with van der Waals surface area (Å²) in [6, 6.07) is 3.99. The van der Waals surface area contributed by atoms with Gasteiger partial charge >= 0.3 is 5.97 Å². The molecule has 0 radical (unpaired) electrons. The van der Waals surface area contributed by atoms with Crippen LogP contribution in [-0.2, 0) is 29.0 Å². The maximum Gasteiger partial charge on any atom is 0.308 e. The molecule has 1 N–H and O–H groups in total. The molecule has 28 heavy (non-hydrogen) atoms. The van der Waals surface area contributed by atoms with Gasteiger partial charge in [-0.15, -0.1) is 0 Å². The van der Waals surface area contributed by atoms with Crippen LogP contribution in [0, 0.1) is 5.82 Å². The van der Waals surface area contributed by atoms with E-state index in [1.165, 1.54) is 23.5 Å². The van der Waals surface area contributed by atoms with Gasteiger partial charge in [0.15, 0.2) is 0 Å². The predicted molar refractivity (Wildman–Crippen MR) is 95.4 cm³/mol. The van der Waals surface area contributed by atoms with Crippen molar-refractivity contribution in [3.8, 4) is 0 Å². The van der Waals surface area contributed by atoms with Gasteiger partial charge in [-0.2, -0.15) is 4.31 Å². The summed E-state index contributed by atoms with van der Waals surface area (Å²) in [5, 5.41) is 10.1. The lowest BCUT2D eigenvalue weighted by Crippen LogP contribution is -2.57. The zero-order valence-electron chi connectivity index (χ0n) is 15.5. The van der Waals surface area contributed by atoms with Crippen LogP contribution in [0.2, 0.25) is 0 Å². The zero-order chi connectivity index (χ0) is 20.3. The van der Waals surface area contributed by atoms with Gasteiger partial charge in [-0.1, -0.05) is 0 Å². The molecule has 2 saturated heterocycles. The van der Waals surface area contributed by atoms with Gasteiger partial charge in [0.1, 0.15) is 5.82 Å². The van der Waals surface area contributed by atoms with E-state index < -0.39 is 46.2 Å². The van der Waals surface area contributed by atoms with Crippen molar-refractivity contribution in [1.29, 1.82) is 0 Å². The summed E-state index contributed by atoms with van der Waals surface area (Å²) in [6.45, 7) is -0.107. The molecule has 156 valence electrons. The number of methoxy groups -OCH3 is 1. The van der Waals surface area contributed by atoms with Crippen LogP contribution in [0.4, 0.5) is 4.39 Å². The van der Waals surface area contributed by atoms with Crippen LogP contribution in [0.25, 0.3) is 0 Å². The Labute approximate surface area is 163 Å². The number of carbonyl (C=O) groups is 1. The highest BCUT2D eigenvalue weighted by Crippen LogP contribution is 2.31. The fourth-order valence-electron chi connectivity index (χ4n) is 3.58. The van der Waals surface area contributed by atoms with Crippen LogP contribution in [-0.4, -0.2) is 75.0 Å². The van der Waals surface area contributed by atoms with Crippen LogP contribution >= 0.6 is 0 Å². The number of nitrogens with zero attached hydrogens (tertiary/aromatic N) is 1. The molecule has 0 saturated carbocycles. The highest BCUT2D eigenvalue weighted by atomic mass is 32.2. The number of aliphatic hydroxyl groups is 1. The van der Waals surface area contributed by atoms with Crippen molar-refractivity contribution < 1.29 is 36.9 Å². The van der Waals surface area contributed by atoms with E-state index in [1.54, 1.807) is 0 Å². The van der Waals surface area contributed by atoms with E-state index in [1.807, 2.05) is 0 Å². The first-order valence-electron chi connectivity index (χ1n) is 9.06. The number of hydrogen-bond acceptors (Lipinski definition) is 7. The van der Waals surface area contributed by atoms with Gasteiger partial charge in [0, 0.05) is 6.54 Å². The van der Waals surface area contributed by atoms with Gasteiger partial charge in [0.05, 0.1) is 56.0 Å². The van der Waals surface area contributed by atoms with E-state index >= 15 is 0 Å². The molecule has 8 nitrogen and oxygen atoms in total. The van der Waals surface area contributed by atoms with Gasteiger partial charge in [0.25, 0.3) is 0 Å². The summed E-state index contributed by atoms with van der Waals surface area (Å²) in [5.74, 6) is -0.939. The summed E-state index contributed by atoms with van der Waals surface area (Å²) < 4.78 is 56.9. The van der Waals surface area contributed by atoms with Crippen molar-refractivity contribution in [3.63, 3.8) is 0 Å². The van der Waals surface area contributed by atoms with Gasteiger partial charge in [-0.3, -0.25) is 4.79 Å². The summed E-state index contributed by atoms with van der Waals surface area (Å²) in [5.41, 5.74) is 0. The van der Waals surface area contributed by atoms with Crippen LogP contribution in [0.1, 0.15) is 19.3 Å². The zero-order valence-corrected chi connectivity index (χ0v) is 16.3. The topological polar surface area (TPSA) is 102 Å². The van der Waals surface area contributed by atoms with Crippen molar-refractivity contribution in [1.82, 2.24) is 4.31 Å². The van der Waals surface area contributed by atoms with E-state index in [0.29, 0.717) is 12.8 Å². The first-order chi connectivity index (χ1) is 13.3. The van der Waals surface area contributed by atoms with Crippen molar-refractivity contribution >= 4 is 16.0 Å². The molecular formula is C18H24FNO7S. The molecule has 2 aliphatic rings. The third kappa shape index (κ3) is 4.69. The molecule has 3 rings (SSSR count). The van der Waals surface area contributed by atoms with Gasteiger partial charge in [0.2, 0.25) is 10.0 Å². The average molecular weight is 417 g/mol. The van der Waals surface area contributed by atoms with Crippen molar-refractivity contribution in [2.75, 3.05) is 26.9 Å². The maximum absolute atomic E-state index is 13.2. The molecule has 1 aromatic rings. The molecule has 0 unspecified atom stereocenters. The van der Waals surface area contributed by atoms with E-state index in [9.17, 15) is 22.7 Å². The molecule has 1 aromatic carbocycles. The summed E-state index contributed by atoms with van der Waals surface area (Å²) in [4.78, 5) is 11.5. The first-order valence-corrected chi connectivity index (χ1v) is 10.5. The maximum atomic E-state index is 13.2. The van der Waals surface area contributed by atoms with Crippen LogP contribution in [0.5, 0.6) is 0 Å². The molecule has 0 spiro atoms. The first kappa shape index (κ1) is 21.1. The lowest BCUT2D eigenvalue weighted by molar-refractivity contribution is -0.157. The molecule has 0 bridgehead atoms. The molecule has 2 aliphatic heterocycles. The normalized spacial score (nSPS) is 29.4. The highest BCUT2D eigenvalue weighted by molar-refractivity contribution is 7.89. The molecule has 2 fully saturated rings. The van der Waals surface area contributed by atoms with E-state index in [0.717, 1.165) is 12.1 Å². The second-order valence-corrected chi connectivity index (χ2v) is 8.83. The molecule has 2 heterocycles. The SMILES string of the molecule is COC(=O)C[C@@H]1CC[C@H]2[C@@H](COC[C@H](O)CN2S(=O)(=O)c2ccc(F)cc2)O1. The van der Waals surface area contributed by atoms with Gasteiger partial charge in [-0.05, 0) is 37.1 Å². The minimum absolute atomic E-state index is 0.0380. The van der Waals surface area contributed by atoms with Crippen LogP contribution in [0.3, 0.4) is 0 Å². The lowest BCUT2D eigenvalue weighted by Gasteiger charge is -2.43. The number of esters is 1. The number of halogens is 1. The van der Waals surface area contributed by atoms with Crippen molar-refractivity contribution in [3.05, 3.63) is 30.1 Å². The number of rotatable bonds is 4. The number of hydrogen-bond donors (Lipinski definition) is 1. The average Bonchev–Trinajstić information content (AvgIpc) is 2.65. The third-order valence-corrected chi connectivity index (χ3v) is 6.88. The van der Waals surface area contributed by atoms with Crippen molar-refractivity contribution in [2.24, 2.45) is 0 Å². The van der Waals surface area contributed by atoms with E-state index in [2.05, 4.69) is 4.74 Å². The van der Waals surface area contributed by atoms with Gasteiger partial charge < -0.3 is 19.3 Å². The summed E-state index contributed by atoms with van der Waals surface area (Å²) >= 11 is 0. The third-order valence-electron chi connectivity index (χ3n) is 4.98. The fraction of sp³-hybridized carbons (Fsp3) is 0.611. The highest BCUT2D eigenvalue weighted by Gasteiger charge is 2.43.